The van der Waals surface area contributed by atoms with Crippen molar-refractivity contribution in [1.29, 1.82) is 0 Å². The number of rotatable bonds is 6. The molecule has 2 aromatic heterocycles. The van der Waals surface area contributed by atoms with Crippen molar-refractivity contribution < 1.29 is 4.79 Å². The summed E-state index contributed by atoms with van der Waals surface area (Å²) in [5.41, 5.74) is 2.25. The Labute approximate surface area is 188 Å². The molecule has 4 rings (SSSR count). The normalized spacial score (nSPS) is 10.9. The van der Waals surface area contributed by atoms with E-state index in [1.54, 1.807) is 36.5 Å². The van der Waals surface area contributed by atoms with Gasteiger partial charge in [0, 0.05) is 17.8 Å². The minimum absolute atomic E-state index is 0.108. The summed E-state index contributed by atoms with van der Waals surface area (Å²) in [6, 6.07) is 18.2. The zero-order chi connectivity index (χ0) is 21.8. The maximum Gasteiger partial charge on any atom is 0.267 e. The fraction of sp³-hybridized carbons (Fsp3) is 0.130. The molecular formula is C23H19ClN4O2S. The summed E-state index contributed by atoms with van der Waals surface area (Å²) in [5, 5.41) is 4.41. The maximum atomic E-state index is 13.2. The van der Waals surface area contributed by atoms with E-state index in [-0.39, 0.29) is 17.2 Å². The van der Waals surface area contributed by atoms with Gasteiger partial charge in [0.15, 0.2) is 5.16 Å². The number of nitrogens with zero attached hydrogens (tertiary/aromatic N) is 3. The summed E-state index contributed by atoms with van der Waals surface area (Å²) in [5.74, 6) is 0.415. The SMILES string of the molecule is Cc1ccnc(-n2c(SCC(=O)NCc3cccc(Cl)c3)nc3ccccc3c2=O)c1. The number of nitrogens with one attached hydrogen (secondary N) is 1. The van der Waals surface area contributed by atoms with Crippen molar-refractivity contribution in [2.45, 2.75) is 18.6 Å². The Morgan fingerprint density at radius 1 is 1.13 bits per heavy atom. The van der Waals surface area contributed by atoms with Gasteiger partial charge in [0.1, 0.15) is 5.82 Å². The topological polar surface area (TPSA) is 76.9 Å². The molecule has 0 spiro atoms. The summed E-state index contributed by atoms with van der Waals surface area (Å²) < 4.78 is 1.46. The number of amides is 1. The molecular weight excluding hydrogens is 432 g/mol. The number of aromatic nitrogens is 3. The average Bonchev–Trinajstić information content (AvgIpc) is 2.76. The maximum absolute atomic E-state index is 13.2. The first-order chi connectivity index (χ1) is 15.0. The molecule has 31 heavy (non-hydrogen) atoms. The molecule has 0 saturated carbocycles. The second kappa shape index (κ2) is 9.32. The number of carbonyl (C=O) groups is 1. The van der Waals surface area contributed by atoms with E-state index in [1.807, 2.05) is 37.3 Å². The van der Waals surface area contributed by atoms with Crippen LogP contribution < -0.4 is 10.9 Å². The highest BCUT2D eigenvalue weighted by atomic mass is 35.5. The molecule has 2 aromatic carbocycles. The fourth-order valence-corrected chi connectivity index (χ4v) is 4.13. The quantitative estimate of drug-likeness (QED) is 0.352. The second-order valence-corrected chi connectivity index (χ2v) is 8.32. The van der Waals surface area contributed by atoms with Gasteiger partial charge < -0.3 is 5.32 Å². The molecule has 1 amide bonds. The summed E-state index contributed by atoms with van der Waals surface area (Å²) in [4.78, 5) is 34.6. The van der Waals surface area contributed by atoms with E-state index in [0.717, 1.165) is 11.1 Å². The molecule has 0 fully saturated rings. The third kappa shape index (κ3) is 4.95. The molecule has 0 aliphatic rings. The van der Waals surface area contributed by atoms with Crippen LogP contribution in [0.2, 0.25) is 5.02 Å². The predicted molar refractivity (Wildman–Crippen MR) is 124 cm³/mol. The summed E-state index contributed by atoms with van der Waals surface area (Å²) >= 11 is 7.18. The molecule has 156 valence electrons. The lowest BCUT2D eigenvalue weighted by Gasteiger charge is -2.13. The zero-order valence-corrected chi connectivity index (χ0v) is 18.3. The van der Waals surface area contributed by atoms with Crippen molar-refractivity contribution in [3.63, 3.8) is 0 Å². The fourth-order valence-electron chi connectivity index (χ4n) is 3.08. The van der Waals surface area contributed by atoms with Gasteiger partial charge in [-0.15, -0.1) is 0 Å². The third-order valence-electron chi connectivity index (χ3n) is 4.59. The average molecular weight is 451 g/mol. The number of aryl methyl sites for hydroxylation is 1. The van der Waals surface area contributed by atoms with Gasteiger partial charge in [-0.3, -0.25) is 9.59 Å². The van der Waals surface area contributed by atoms with E-state index < -0.39 is 0 Å². The molecule has 1 N–H and O–H groups in total. The highest BCUT2D eigenvalue weighted by Crippen LogP contribution is 2.21. The standard InChI is InChI=1S/C23H19ClN4O2S/c1-15-9-10-25-20(11-15)28-22(30)18-7-2-3-8-19(18)27-23(28)31-14-21(29)26-13-16-5-4-6-17(24)12-16/h2-12H,13-14H2,1H3,(H,26,29). The highest BCUT2D eigenvalue weighted by Gasteiger charge is 2.15. The number of halogens is 1. The second-order valence-electron chi connectivity index (χ2n) is 6.94. The number of carbonyl (C=O) groups excluding carboxylic acids is 1. The summed E-state index contributed by atoms with van der Waals surface area (Å²) in [6.07, 6.45) is 1.65. The Morgan fingerprint density at radius 2 is 1.97 bits per heavy atom. The van der Waals surface area contributed by atoms with Crippen LogP contribution in [-0.4, -0.2) is 26.2 Å². The molecule has 6 nitrogen and oxygen atoms in total. The van der Waals surface area contributed by atoms with Crippen LogP contribution in [0.4, 0.5) is 0 Å². The van der Waals surface area contributed by atoms with Crippen molar-refractivity contribution >= 4 is 40.2 Å². The summed E-state index contributed by atoms with van der Waals surface area (Å²) in [7, 11) is 0. The van der Waals surface area contributed by atoms with Crippen LogP contribution in [0.15, 0.2) is 76.8 Å². The molecule has 0 aliphatic carbocycles. The first-order valence-electron chi connectivity index (χ1n) is 9.60. The Hall–Kier alpha value is -3.16. The van der Waals surface area contributed by atoms with Crippen molar-refractivity contribution in [3.05, 3.63) is 93.4 Å². The Bertz CT molecular complexity index is 1320. The molecule has 0 bridgehead atoms. The van der Waals surface area contributed by atoms with Crippen molar-refractivity contribution in [3.8, 4) is 5.82 Å². The van der Waals surface area contributed by atoms with Crippen molar-refractivity contribution in [2.24, 2.45) is 0 Å². The smallest absolute Gasteiger partial charge is 0.267 e. The molecule has 0 saturated heterocycles. The number of fused-ring (bicyclic) bond motifs is 1. The number of hydrogen-bond donors (Lipinski definition) is 1. The first-order valence-corrected chi connectivity index (χ1v) is 11.0. The van der Waals surface area contributed by atoms with E-state index in [0.29, 0.717) is 33.4 Å². The van der Waals surface area contributed by atoms with E-state index in [9.17, 15) is 9.59 Å². The van der Waals surface area contributed by atoms with E-state index in [4.69, 9.17) is 11.6 Å². The van der Waals surface area contributed by atoms with Crippen LogP contribution in [0.25, 0.3) is 16.7 Å². The van der Waals surface area contributed by atoms with Gasteiger partial charge in [-0.1, -0.05) is 47.6 Å². The van der Waals surface area contributed by atoms with Gasteiger partial charge in [0.05, 0.1) is 16.7 Å². The van der Waals surface area contributed by atoms with Gasteiger partial charge in [0.2, 0.25) is 5.91 Å². The number of pyridine rings is 1. The van der Waals surface area contributed by atoms with Crippen LogP contribution in [0.3, 0.4) is 0 Å². The third-order valence-corrected chi connectivity index (χ3v) is 5.76. The minimum Gasteiger partial charge on any atom is -0.351 e. The number of benzene rings is 2. The first kappa shape index (κ1) is 21.1. The predicted octanol–water partition coefficient (Wildman–Crippen LogP) is 4.15. The van der Waals surface area contributed by atoms with Gasteiger partial charge >= 0.3 is 0 Å². The van der Waals surface area contributed by atoms with Gasteiger partial charge in [-0.25, -0.2) is 14.5 Å². The van der Waals surface area contributed by atoms with Crippen molar-refractivity contribution in [2.75, 3.05) is 5.75 Å². The number of para-hydroxylation sites is 1. The van der Waals surface area contributed by atoms with Crippen molar-refractivity contribution in [1.82, 2.24) is 19.9 Å². The van der Waals surface area contributed by atoms with E-state index >= 15 is 0 Å². The molecule has 2 heterocycles. The molecule has 8 heteroatoms. The van der Waals surface area contributed by atoms with Gasteiger partial charge in [-0.05, 0) is 54.4 Å². The summed E-state index contributed by atoms with van der Waals surface area (Å²) in [6.45, 7) is 2.30. The Kier molecular flexibility index (Phi) is 6.34. The monoisotopic (exact) mass is 450 g/mol. The molecule has 4 aromatic rings. The van der Waals surface area contributed by atoms with E-state index in [1.165, 1.54) is 16.3 Å². The lowest BCUT2D eigenvalue weighted by molar-refractivity contribution is -0.118. The lowest BCUT2D eigenvalue weighted by atomic mass is 10.2. The lowest BCUT2D eigenvalue weighted by Crippen LogP contribution is -2.26. The molecule has 0 atom stereocenters. The van der Waals surface area contributed by atoms with E-state index in [2.05, 4.69) is 15.3 Å². The largest absolute Gasteiger partial charge is 0.351 e. The Balaban J connectivity index is 1.59. The van der Waals surface area contributed by atoms with Gasteiger partial charge in [-0.2, -0.15) is 0 Å². The van der Waals surface area contributed by atoms with Crippen LogP contribution in [-0.2, 0) is 11.3 Å². The molecule has 0 aliphatic heterocycles. The van der Waals surface area contributed by atoms with Crippen LogP contribution >= 0.6 is 23.4 Å². The van der Waals surface area contributed by atoms with Gasteiger partial charge in [0.25, 0.3) is 5.56 Å². The highest BCUT2D eigenvalue weighted by molar-refractivity contribution is 7.99. The van der Waals surface area contributed by atoms with Crippen LogP contribution in [0.1, 0.15) is 11.1 Å². The zero-order valence-electron chi connectivity index (χ0n) is 16.7. The van der Waals surface area contributed by atoms with Crippen LogP contribution in [0.5, 0.6) is 0 Å². The number of hydrogen-bond acceptors (Lipinski definition) is 5. The van der Waals surface area contributed by atoms with Crippen LogP contribution in [0, 0.1) is 6.92 Å². The minimum atomic E-state index is -0.217. The molecule has 0 unspecified atom stereocenters. The molecule has 0 radical (unpaired) electrons. The Morgan fingerprint density at radius 3 is 2.77 bits per heavy atom. The number of thioether (sulfide) groups is 1.